The molecule has 0 spiro atoms. The lowest BCUT2D eigenvalue weighted by Gasteiger charge is -2.21. The maximum atomic E-state index is 12.8. The van der Waals surface area contributed by atoms with Gasteiger partial charge in [-0.2, -0.15) is 0 Å². The number of hydrogen-bond donors (Lipinski definition) is 3. The molecule has 0 fully saturated rings. The van der Waals surface area contributed by atoms with Crippen LogP contribution < -0.4 is 20.7 Å². The van der Waals surface area contributed by atoms with Gasteiger partial charge in [0.25, 0.3) is 11.8 Å². The summed E-state index contributed by atoms with van der Waals surface area (Å²) < 4.78 is 5.19. The number of rotatable bonds is 5. The van der Waals surface area contributed by atoms with Crippen molar-refractivity contribution in [2.24, 2.45) is 0 Å². The number of fused-ring (bicyclic) bond motifs is 2. The maximum absolute atomic E-state index is 12.8. The Bertz CT molecular complexity index is 1180. The monoisotopic (exact) mass is 432 g/mol. The van der Waals surface area contributed by atoms with Crippen molar-refractivity contribution in [2.45, 2.75) is 19.1 Å². The standard InChI is InChI=1S/C23H20N4O5/c1-32-18-7-5-16-11-27(22(30)20(16)9-18)12-17(26-23(31)25-13-28)6-3-14-2-4-15-10-24-21(29)19(15)8-14/h2,4-5,7-9,13,17H,10-12H2,1H3,(H,24,29)(H2,25,26,28,31)/t17-/m1/s1. The average molecular weight is 432 g/mol. The number of ether oxygens (including phenoxy) is 1. The van der Waals surface area contributed by atoms with Crippen LogP contribution >= 0.6 is 0 Å². The SMILES string of the molecule is COc1ccc2c(c1)C(=O)N(C[C@@H](C#Cc1ccc3c(c1)C(=O)NC3)NC(=O)NC=O)C2. The quantitative estimate of drug-likeness (QED) is 0.477. The third-order valence-electron chi connectivity index (χ3n) is 5.28. The van der Waals surface area contributed by atoms with E-state index < -0.39 is 12.1 Å². The lowest BCUT2D eigenvalue weighted by atomic mass is 10.1. The zero-order chi connectivity index (χ0) is 22.7. The van der Waals surface area contributed by atoms with Crippen LogP contribution in [0.3, 0.4) is 0 Å². The lowest BCUT2D eigenvalue weighted by molar-refractivity contribution is -0.108. The molecule has 2 heterocycles. The van der Waals surface area contributed by atoms with Crippen molar-refractivity contribution in [3.63, 3.8) is 0 Å². The van der Waals surface area contributed by atoms with Crippen LogP contribution in [0.2, 0.25) is 0 Å². The molecule has 0 bridgehead atoms. The van der Waals surface area contributed by atoms with Crippen LogP contribution in [0.25, 0.3) is 0 Å². The van der Waals surface area contributed by atoms with E-state index >= 15 is 0 Å². The first-order valence-corrected chi connectivity index (χ1v) is 9.88. The Labute approximate surface area is 184 Å². The molecule has 0 saturated heterocycles. The predicted molar refractivity (Wildman–Crippen MR) is 114 cm³/mol. The van der Waals surface area contributed by atoms with Crippen LogP contribution in [0.5, 0.6) is 5.75 Å². The van der Waals surface area contributed by atoms with E-state index in [-0.39, 0.29) is 24.8 Å². The number of carbonyl (C=O) groups is 4. The molecule has 0 aromatic heterocycles. The summed E-state index contributed by atoms with van der Waals surface area (Å²) in [5.41, 5.74) is 3.46. The van der Waals surface area contributed by atoms with Gasteiger partial charge < -0.3 is 20.3 Å². The highest BCUT2D eigenvalue weighted by Gasteiger charge is 2.29. The Morgan fingerprint density at radius 3 is 2.81 bits per heavy atom. The zero-order valence-corrected chi connectivity index (χ0v) is 17.2. The van der Waals surface area contributed by atoms with Gasteiger partial charge in [-0.1, -0.05) is 24.0 Å². The summed E-state index contributed by atoms with van der Waals surface area (Å²) in [5, 5.41) is 7.35. The van der Waals surface area contributed by atoms with Crippen LogP contribution in [-0.4, -0.2) is 48.9 Å². The van der Waals surface area contributed by atoms with Gasteiger partial charge in [-0.25, -0.2) is 4.79 Å². The molecule has 3 N–H and O–H groups in total. The second-order valence-electron chi connectivity index (χ2n) is 7.32. The molecule has 32 heavy (non-hydrogen) atoms. The van der Waals surface area contributed by atoms with Crippen molar-refractivity contribution in [1.29, 1.82) is 0 Å². The first-order valence-electron chi connectivity index (χ1n) is 9.88. The van der Waals surface area contributed by atoms with Crippen molar-refractivity contribution in [1.82, 2.24) is 20.9 Å². The van der Waals surface area contributed by atoms with E-state index in [0.717, 1.165) is 11.1 Å². The minimum atomic E-state index is -0.753. The fourth-order valence-corrected chi connectivity index (χ4v) is 3.68. The number of urea groups is 1. The van der Waals surface area contributed by atoms with E-state index in [4.69, 9.17) is 4.74 Å². The minimum Gasteiger partial charge on any atom is -0.497 e. The Morgan fingerprint density at radius 2 is 2.03 bits per heavy atom. The van der Waals surface area contributed by atoms with Gasteiger partial charge in [0, 0.05) is 29.8 Å². The van der Waals surface area contributed by atoms with Gasteiger partial charge in [-0.15, -0.1) is 0 Å². The summed E-state index contributed by atoms with van der Waals surface area (Å²) in [6.07, 6.45) is 0.266. The molecular weight excluding hydrogens is 412 g/mol. The molecule has 0 radical (unpaired) electrons. The third kappa shape index (κ3) is 4.25. The Kier molecular flexibility index (Phi) is 5.77. The normalized spacial score (nSPS) is 14.5. The summed E-state index contributed by atoms with van der Waals surface area (Å²) in [7, 11) is 1.53. The molecule has 9 nitrogen and oxygen atoms in total. The van der Waals surface area contributed by atoms with Crippen LogP contribution in [0.15, 0.2) is 36.4 Å². The smallest absolute Gasteiger partial charge is 0.322 e. The van der Waals surface area contributed by atoms with Crippen molar-refractivity contribution < 1.29 is 23.9 Å². The number of carbonyl (C=O) groups excluding carboxylic acids is 4. The van der Waals surface area contributed by atoms with Gasteiger partial charge in [0.05, 0.1) is 13.7 Å². The van der Waals surface area contributed by atoms with Gasteiger partial charge in [0.1, 0.15) is 11.8 Å². The van der Waals surface area contributed by atoms with Gasteiger partial charge in [-0.05, 0) is 35.4 Å². The Balaban J connectivity index is 1.54. The third-order valence-corrected chi connectivity index (χ3v) is 5.28. The first kappa shape index (κ1) is 20.9. The highest BCUT2D eigenvalue weighted by Crippen LogP contribution is 2.26. The fourth-order valence-electron chi connectivity index (χ4n) is 3.68. The van der Waals surface area contributed by atoms with Gasteiger partial charge in [0.2, 0.25) is 6.41 Å². The highest BCUT2D eigenvalue weighted by molar-refractivity contribution is 5.99. The number of methoxy groups -OCH3 is 1. The van der Waals surface area contributed by atoms with E-state index in [1.54, 1.807) is 29.2 Å². The molecular formula is C23H20N4O5. The second kappa shape index (κ2) is 8.81. The van der Waals surface area contributed by atoms with Crippen LogP contribution in [0.1, 0.15) is 37.4 Å². The highest BCUT2D eigenvalue weighted by atomic mass is 16.5. The largest absolute Gasteiger partial charge is 0.497 e. The summed E-state index contributed by atoms with van der Waals surface area (Å²) in [6.45, 7) is 0.965. The molecule has 4 rings (SSSR count). The van der Waals surface area contributed by atoms with Gasteiger partial charge in [-0.3, -0.25) is 19.7 Å². The fraction of sp³-hybridized carbons (Fsp3) is 0.217. The Hall–Kier alpha value is -4.32. The van der Waals surface area contributed by atoms with E-state index in [9.17, 15) is 19.2 Å². The topological polar surface area (TPSA) is 117 Å². The molecule has 0 saturated carbocycles. The molecule has 1 atom stereocenters. The van der Waals surface area contributed by atoms with Crippen LogP contribution in [-0.2, 0) is 17.9 Å². The van der Waals surface area contributed by atoms with Crippen molar-refractivity contribution in [3.8, 4) is 17.6 Å². The van der Waals surface area contributed by atoms with E-state index in [2.05, 4.69) is 22.5 Å². The number of amides is 5. The minimum absolute atomic E-state index is 0.112. The molecule has 0 aliphatic carbocycles. The van der Waals surface area contributed by atoms with Crippen molar-refractivity contribution in [3.05, 3.63) is 64.2 Å². The second-order valence-corrected chi connectivity index (χ2v) is 7.32. The zero-order valence-electron chi connectivity index (χ0n) is 17.2. The molecule has 2 aromatic rings. The summed E-state index contributed by atoms with van der Waals surface area (Å²) in [5.74, 6) is 6.12. The molecule has 2 aromatic carbocycles. The van der Waals surface area contributed by atoms with E-state index in [0.29, 0.717) is 35.5 Å². The van der Waals surface area contributed by atoms with Crippen molar-refractivity contribution >= 4 is 24.3 Å². The molecule has 9 heteroatoms. The molecule has 2 aliphatic rings. The summed E-state index contributed by atoms with van der Waals surface area (Å²) >= 11 is 0. The predicted octanol–water partition coefficient (Wildman–Crippen LogP) is 0.770. The number of nitrogens with zero attached hydrogens (tertiary/aromatic N) is 1. The van der Waals surface area contributed by atoms with Crippen molar-refractivity contribution in [2.75, 3.05) is 13.7 Å². The number of benzene rings is 2. The van der Waals surface area contributed by atoms with Gasteiger partial charge >= 0.3 is 6.03 Å². The van der Waals surface area contributed by atoms with Crippen LogP contribution in [0, 0.1) is 11.8 Å². The molecule has 0 unspecified atom stereocenters. The van der Waals surface area contributed by atoms with Crippen LogP contribution in [0.4, 0.5) is 4.79 Å². The summed E-state index contributed by atoms with van der Waals surface area (Å²) in [6, 6.07) is 9.12. The average Bonchev–Trinajstić information content (AvgIpc) is 3.31. The van der Waals surface area contributed by atoms with E-state index in [1.807, 2.05) is 17.4 Å². The number of nitrogens with one attached hydrogen (secondary N) is 3. The number of hydrogen-bond acceptors (Lipinski definition) is 5. The maximum Gasteiger partial charge on any atom is 0.322 e. The molecule has 5 amide bonds. The lowest BCUT2D eigenvalue weighted by Crippen LogP contribution is -2.46. The molecule has 2 aliphatic heterocycles. The Morgan fingerprint density at radius 1 is 1.22 bits per heavy atom. The van der Waals surface area contributed by atoms with E-state index in [1.165, 1.54) is 7.11 Å². The molecule has 162 valence electrons. The summed E-state index contributed by atoms with van der Waals surface area (Å²) in [4.78, 5) is 48.8. The first-order chi connectivity index (χ1) is 15.5. The van der Waals surface area contributed by atoms with Gasteiger partial charge in [0.15, 0.2) is 0 Å². The number of imide groups is 1.